The van der Waals surface area contributed by atoms with Crippen LogP contribution < -0.4 is 14.8 Å². The summed E-state index contributed by atoms with van der Waals surface area (Å²) in [6.07, 6.45) is 0.903. The molecule has 19 heavy (non-hydrogen) atoms. The maximum absolute atomic E-state index is 8.72. The third-order valence-corrected chi connectivity index (χ3v) is 2.51. The number of nitrogens with one attached hydrogen (secondary N) is 1. The number of hydrogen-bond donors (Lipinski definition) is 2. The molecule has 1 aromatic rings. The lowest BCUT2D eigenvalue weighted by molar-refractivity contribution is 0.223. The summed E-state index contributed by atoms with van der Waals surface area (Å²) >= 11 is 0. The molecule has 0 unspecified atom stereocenters. The van der Waals surface area contributed by atoms with E-state index in [1.807, 2.05) is 39.0 Å². The van der Waals surface area contributed by atoms with Crippen molar-refractivity contribution in [3.8, 4) is 11.5 Å². The monoisotopic (exact) mass is 267 g/mol. The summed E-state index contributed by atoms with van der Waals surface area (Å²) in [4.78, 5) is 0. The first kappa shape index (κ1) is 15.8. The average Bonchev–Trinajstić information content (AvgIpc) is 2.37. The molecule has 0 spiro atoms. The molecule has 1 rings (SSSR count). The zero-order chi connectivity index (χ0) is 14.1. The Morgan fingerprint density at radius 3 is 2.68 bits per heavy atom. The maximum atomic E-state index is 8.72. The zero-order valence-corrected chi connectivity index (χ0v) is 12.1. The summed E-state index contributed by atoms with van der Waals surface area (Å²) in [5, 5.41) is 12.0. The minimum Gasteiger partial charge on any atom is -0.490 e. The van der Waals surface area contributed by atoms with Crippen LogP contribution in [-0.4, -0.2) is 31.0 Å². The fourth-order valence-corrected chi connectivity index (χ4v) is 1.72. The fourth-order valence-electron chi connectivity index (χ4n) is 1.72. The number of aliphatic hydroxyl groups is 1. The van der Waals surface area contributed by atoms with Crippen LogP contribution in [0.4, 0.5) is 0 Å². The third kappa shape index (κ3) is 5.94. The molecule has 0 saturated carbocycles. The molecule has 0 amide bonds. The Morgan fingerprint density at radius 2 is 2.05 bits per heavy atom. The standard InChI is InChI=1S/C15H25NO3/c1-4-18-15-10-13(11-16-8-5-9-17)6-7-14(15)19-12(2)3/h6-7,10,12,16-17H,4-5,8-9,11H2,1-3H3. The molecule has 4 nitrogen and oxygen atoms in total. The van der Waals surface area contributed by atoms with Gasteiger partial charge in [0.2, 0.25) is 0 Å². The van der Waals surface area contributed by atoms with Gasteiger partial charge < -0.3 is 19.9 Å². The van der Waals surface area contributed by atoms with E-state index in [1.165, 1.54) is 0 Å². The Hall–Kier alpha value is -1.26. The van der Waals surface area contributed by atoms with Crippen molar-refractivity contribution in [1.29, 1.82) is 0 Å². The van der Waals surface area contributed by atoms with E-state index in [0.717, 1.165) is 36.6 Å². The van der Waals surface area contributed by atoms with Gasteiger partial charge in [0.1, 0.15) is 0 Å². The normalized spacial score (nSPS) is 10.8. The van der Waals surface area contributed by atoms with Gasteiger partial charge in [-0.25, -0.2) is 0 Å². The molecule has 108 valence electrons. The van der Waals surface area contributed by atoms with Gasteiger partial charge in [0.05, 0.1) is 12.7 Å². The topological polar surface area (TPSA) is 50.7 Å². The van der Waals surface area contributed by atoms with E-state index in [0.29, 0.717) is 6.61 Å². The fraction of sp³-hybridized carbons (Fsp3) is 0.600. The quantitative estimate of drug-likeness (QED) is 0.674. The van der Waals surface area contributed by atoms with Crippen molar-refractivity contribution >= 4 is 0 Å². The Bertz CT molecular complexity index is 366. The molecule has 0 aromatic heterocycles. The summed E-state index contributed by atoms with van der Waals surface area (Å²) < 4.78 is 11.3. The van der Waals surface area contributed by atoms with Gasteiger partial charge in [0, 0.05) is 13.2 Å². The van der Waals surface area contributed by atoms with E-state index in [4.69, 9.17) is 14.6 Å². The van der Waals surface area contributed by atoms with Crippen LogP contribution in [0.2, 0.25) is 0 Å². The molecule has 0 aliphatic rings. The van der Waals surface area contributed by atoms with E-state index in [1.54, 1.807) is 0 Å². The SMILES string of the molecule is CCOc1cc(CNCCCO)ccc1OC(C)C. The number of aliphatic hydroxyl groups excluding tert-OH is 1. The summed E-state index contributed by atoms with van der Waals surface area (Å²) in [5.74, 6) is 1.58. The maximum Gasteiger partial charge on any atom is 0.161 e. The highest BCUT2D eigenvalue weighted by atomic mass is 16.5. The molecular formula is C15H25NO3. The Labute approximate surface area is 115 Å². The smallest absolute Gasteiger partial charge is 0.161 e. The van der Waals surface area contributed by atoms with Gasteiger partial charge in [0.25, 0.3) is 0 Å². The van der Waals surface area contributed by atoms with Gasteiger partial charge in [-0.1, -0.05) is 6.07 Å². The number of hydrogen-bond acceptors (Lipinski definition) is 4. The summed E-state index contributed by atoms with van der Waals surface area (Å²) in [6, 6.07) is 5.99. The molecule has 0 aliphatic heterocycles. The van der Waals surface area contributed by atoms with E-state index < -0.39 is 0 Å². The minimum absolute atomic E-state index is 0.132. The highest BCUT2D eigenvalue weighted by Gasteiger charge is 2.08. The van der Waals surface area contributed by atoms with E-state index >= 15 is 0 Å². The molecule has 2 N–H and O–H groups in total. The second kappa shape index (κ2) is 8.77. The van der Waals surface area contributed by atoms with Crippen LogP contribution >= 0.6 is 0 Å². The zero-order valence-electron chi connectivity index (χ0n) is 12.1. The molecule has 0 fully saturated rings. The minimum atomic E-state index is 0.132. The largest absolute Gasteiger partial charge is 0.490 e. The Balaban J connectivity index is 2.66. The molecule has 0 aliphatic carbocycles. The van der Waals surface area contributed by atoms with Gasteiger partial charge in [-0.3, -0.25) is 0 Å². The highest BCUT2D eigenvalue weighted by molar-refractivity contribution is 5.43. The van der Waals surface area contributed by atoms with Crippen molar-refractivity contribution in [2.75, 3.05) is 19.8 Å². The molecule has 0 bridgehead atoms. The van der Waals surface area contributed by atoms with Crippen LogP contribution in [0.1, 0.15) is 32.8 Å². The van der Waals surface area contributed by atoms with Gasteiger partial charge in [-0.15, -0.1) is 0 Å². The van der Waals surface area contributed by atoms with Crippen molar-refractivity contribution < 1.29 is 14.6 Å². The van der Waals surface area contributed by atoms with E-state index in [2.05, 4.69) is 5.32 Å². The molecule has 1 aromatic carbocycles. The molecule has 0 atom stereocenters. The van der Waals surface area contributed by atoms with Crippen LogP contribution in [0, 0.1) is 0 Å². The number of benzene rings is 1. The second-order valence-electron chi connectivity index (χ2n) is 4.63. The molecule has 0 radical (unpaired) electrons. The average molecular weight is 267 g/mol. The molecule has 0 heterocycles. The van der Waals surface area contributed by atoms with Crippen LogP contribution in [0.25, 0.3) is 0 Å². The van der Waals surface area contributed by atoms with Crippen LogP contribution in [0.3, 0.4) is 0 Å². The molecule has 4 heteroatoms. The van der Waals surface area contributed by atoms with Crippen LogP contribution in [0.5, 0.6) is 11.5 Å². The summed E-state index contributed by atoms with van der Waals surface area (Å²) in [7, 11) is 0. The first-order valence-electron chi connectivity index (χ1n) is 6.91. The van der Waals surface area contributed by atoms with Crippen molar-refractivity contribution in [3.05, 3.63) is 23.8 Å². The predicted molar refractivity (Wildman–Crippen MR) is 76.8 cm³/mol. The highest BCUT2D eigenvalue weighted by Crippen LogP contribution is 2.29. The van der Waals surface area contributed by atoms with E-state index in [-0.39, 0.29) is 12.7 Å². The van der Waals surface area contributed by atoms with Crippen molar-refractivity contribution in [2.45, 2.75) is 39.8 Å². The molecule has 0 saturated heterocycles. The van der Waals surface area contributed by atoms with Gasteiger partial charge in [0.15, 0.2) is 11.5 Å². The third-order valence-electron chi connectivity index (χ3n) is 2.51. The first-order valence-corrected chi connectivity index (χ1v) is 6.91. The van der Waals surface area contributed by atoms with Gasteiger partial charge in [-0.2, -0.15) is 0 Å². The van der Waals surface area contributed by atoms with Crippen molar-refractivity contribution in [1.82, 2.24) is 5.32 Å². The Kier molecular flexibility index (Phi) is 7.30. The Morgan fingerprint density at radius 1 is 1.26 bits per heavy atom. The lowest BCUT2D eigenvalue weighted by Gasteiger charge is -2.15. The number of rotatable bonds is 9. The number of ether oxygens (including phenoxy) is 2. The van der Waals surface area contributed by atoms with Crippen LogP contribution in [-0.2, 0) is 6.54 Å². The predicted octanol–water partition coefficient (Wildman–Crippen LogP) is 2.34. The lowest BCUT2D eigenvalue weighted by atomic mass is 10.2. The summed E-state index contributed by atoms with van der Waals surface area (Å²) in [5.41, 5.74) is 1.15. The lowest BCUT2D eigenvalue weighted by Crippen LogP contribution is -2.16. The molecular weight excluding hydrogens is 242 g/mol. The second-order valence-corrected chi connectivity index (χ2v) is 4.63. The van der Waals surface area contributed by atoms with Crippen LogP contribution in [0.15, 0.2) is 18.2 Å². The van der Waals surface area contributed by atoms with Gasteiger partial charge in [-0.05, 0) is 51.4 Å². The van der Waals surface area contributed by atoms with Crippen molar-refractivity contribution in [3.63, 3.8) is 0 Å². The summed E-state index contributed by atoms with van der Waals surface area (Å²) in [6.45, 7) is 8.38. The first-order chi connectivity index (χ1) is 9.17. The van der Waals surface area contributed by atoms with Gasteiger partial charge >= 0.3 is 0 Å². The van der Waals surface area contributed by atoms with E-state index in [9.17, 15) is 0 Å². The van der Waals surface area contributed by atoms with Crippen molar-refractivity contribution in [2.24, 2.45) is 0 Å².